The van der Waals surface area contributed by atoms with Gasteiger partial charge in [-0.3, -0.25) is 19.3 Å². The number of benzene rings is 2. The van der Waals surface area contributed by atoms with E-state index in [1.165, 1.54) is 17.0 Å². The fourth-order valence-corrected chi connectivity index (χ4v) is 5.44. The second-order valence-corrected chi connectivity index (χ2v) is 8.75. The van der Waals surface area contributed by atoms with Crippen LogP contribution in [0.5, 0.6) is 0 Å². The van der Waals surface area contributed by atoms with Gasteiger partial charge in [0.15, 0.2) is 0 Å². The Kier molecular flexibility index (Phi) is 4.08. The minimum absolute atomic E-state index is 0.0785. The Morgan fingerprint density at radius 3 is 2.47 bits per heavy atom. The lowest BCUT2D eigenvalue weighted by molar-refractivity contribution is -0.738. The first-order valence-corrected chi connectivity index (χ1v) is 10.2. The van der Waals surface area contributed by atoms with Gasteiger partial charge in [0.2, 0.25) is 17.4 Å². The number of carbonyl (C=O) groups excluding carboxylic acids is 3. The van der Waals surface area contributed by atoms with Crippen LogP contribution < -0.4 is 10.6 Å². The normalized spacial score (nSPS) is 29.7. The van der Waals surface area contributed by atoms with E-state index in [9.17, 15) is 18.8 Å². The van der Waals surface area contributed by atoms with Crippen LogP contribution in [0.4, 0.5) is 10.1 Å². The number of carbonyl (C=O) groups is 3. The molecular weight excluding hydrogens is 385 g/mol. The molecule has 3 amide bonds. The van der Waals surface area contributed by atoms with Gasteiger partial charge in [0.05, 0.1) is 12.2 Å². The first-order valence-electron chi connectivity index (χ1n) is 10.2. The number of para-hydroxylation sites is 1. The fourth-order valence-electron chi connectivity index (χ4n) is 5.44. The number of likely N-dealkylation sites (tertiary alicyclic amines) is 1. The predicted molar refractivity (Wildman–Crippen MR) is 106 cm³/mol. The first-order chi connectivity index (χ1) is 14.3. The molecule has 0 radical (unpaired) electrons. The molecule has 3 N–H and O–H groups in total. The number of quaternary nitrogens is 1. The summed E-state index contributed by atoms with van der Waals surface area (Å²) in [5.41, 5.74) is 0.992. The average molecular weight is 408 g/mol. The van der Waals surface area contributed by atoms with Crippen LogP contribution in [-0.2, 0) is 26.5 Å². The number of imide groups is 1. The molecular formula is C23H23FN3O3+. The van der Waals surface area contributed by atoms with E-state index in [4.69, 9.17) is 0 Å². The maximum Gasteiger partial charge on any atom is 0.291 e. The minimum Gasteiger partial charge on any atom is -0.326 e. The Morgan fingerprint density at radius 1 is 1.07 bits per heavy atom. The Balaban J connectivity index is 1.59. The lowest BCUT2D eigenvalue weighted by atomic mass is 9.76. The monoisotopic (exact) mass is 408 g/mol. The van der Waals surface area contributed by atoms with E-state index in [2.05, 4.69) is 5.32 Å². The molecule has 6 nitrogen and oxygen atoms in total. The zero-order valence-electron chi connectivity index (χ0n) is 16.8. The highest BCUT2D eigenvalue weighted by Gasteiger charge is 2.74. The number of anilines is 1. The van der Waals surface area contributed by atoms with E-state index in [0.717, 1.165) is 5.56 Å². The molecule has 2 saturated heterocycles. The summed E-state index contributed by atoms with van der Waals surface area (Å²) in [7, 11) is 0. The van der Waals surface area contributed by atoms with Crippen LogP contribution in [0.2, 0.25) is 0 Å². The average Bonchev–Trinajstić information content (AvgIpc) is 3.31. The van der Waals surface area contributed by atoms with E-state index < -0.39 is 17.4 Å². The lowest BCUT2D eigenvalue weighted by Gasteiger charge is -2.27. The number of nitrogens with two attached hydrogens (primary N) is 1. The van der Waals surface area contributed by atoms with Gasteiger partial charge in [-0.25, -0.2) is 4.39 Å². The van der Waals surface area contributed by atoms with Crippen molar-refractivity contribution in [2.24, 2.45) is 17.8 Å². The molecule has 0 aromatic heterocycles. The molecule has 4 atom stereocenters. The predicted octanol–water partition coefficient (Wildman–Crippen LogP) is 1.38. The van der Waals surface area contributed by atoms with Gasteiger partial charge in [-0.2, -0.15) is 0 Å². The highest BCUT2D eigenvalue weighted by molar-refractivity contribution is 6.13. The molecule has 1 spiro atoms. The zero-order valence-corrected chi connectivity index (χ0v) is 16.8. The van der Waals surface area contributed by atoms with Crippen LogP contribution in [-0.4, -0.2) is 28.7 Å². The molecule has 0 unspecified atom stereocenters. The molecule has 3 heterocycles. The van der Waals surface area contributed by atoms with Crippen molar-refractivity contribution in [3.63, 3.8) is 0 Å². The summed E-state index contributed by atoms with van der Waals surface area (Å²) in [5.74, 6) is -2.44. The molecule has 2 aromatic rings. The maximum atomic E-state index is 13.6. The van der Waals surface area contributed by atoms with Gasteiger partial charge >= 0.3 is 0 Å². The van der Waals surface area contributed by atoms with E-state index in [0.29, 0.717) is 11.3 Å². The number of fused-ring (bicyclic) bond motifs is 4. The van der Waals surface area contributed by atoms with E-state index in [1.54, 1.807) is 12.1 Å². The molecule has 0 bridgehead atoms. The third kappa shape index (κ3) is 2.41. The van der Waals surface area contributed by atoms with Crippen LogP contribution >= 0.6 is 0 Å². The standard InChI is InChI=1S/C23H22FN3O3/c1-12(2)19-17-18(23(26-19)15-5-3-4-6-16(15)25-22(23)30)21(29)27(20(17)28)11-13-7-9-14(24)10-8-13/h3-10,12,17-19,26H,11H2,1-2H3,(H,25,30)/p+1/t17-,18+,19-,23+/m0/s1. The first kappa shape index (κ1) is 18.9. The van der Waals surface area contributed by atoms with Gasteiger partial charge in [0.25, 0.3) is 5.91 Å². The van der Waals surface area contributed by atoms with E-state index >= 15 is 0 Å². The number of amides is 3. The van der Waals surface area contributed by atoms with Crippen LogP contribution in [0.1, 0.15) is 25.0 Å². The van der Waals surface area contributed by atoms with E-state index in [1.807, 2.05) is 43.4 Å². The van der Waals surface area contributed by atoms with Gasteiger partial charge in [-0.15, -0.1) is 0 Å². The Hall–Kier alpha value is -3.06. The van der Waals surface area contributed by atoms with Crippen molar-refractivity contribution < 1.29 is 24.1 Å². The van der Waals surface area contributed by atoms with Gasteiger partial charge in [0, 0.05) is 11.5 Å². The van der Waals surface area contributed by atoms with Crippen molar-refractivity contribution in [3.8, 4) is 0 Å². The number of hydrogen-bond donors (Lipinski definition) is 2. The second kappa shape index (κ2) is 6.47. The maximum absolute atomic E-state index is 13.6. The Labute approximate surface area is 173 Å². The third-order valence-corrected chi connectivity index (χ3v) is 6.82. The molecule has 7 heteroatoms. The van der Waals surface area contributed by atoms with Crippen molar-refractivity contribution in [1.29, 1.82) is 0 Å². The van der Waals surface area contributed by atoms with Crippen LogP contribution in [0, 0.1) is 23.6 Å². The molecule has 0 saturated carbocycles. The van der Waals surface area contributed by atoms with Gasteiger partial charge in [-0.1, -0.05) is 44.2 Å². The number of nitrogens with one attached hydrogen (secondary N) is 1. The second-order valence-electron chi connectivity index (χ2n) is 8.75. The van der Waals surface area contributed by atoms with E-state index in [-0.39, 0.29) is 42.0 Å². The zero-order chi connectivity index (χ0) is 21.2. The molecule has 3 aliphatic rings. The smallest absolute Gasteiger partial charge is 0.291 e. The molecule has 154 valence electrons. The molecule has 2 fully saturated rings. The summed E-state index contributed by atoms with van der Waals surface area (Å²) >= 11 is 0. The number of hydrogen-bond acceptors (Lipinski definition) is 3. The van der Waals surface area contributed by atoms with Gasteiger partial charge in [-0.05, 0) is 23.8 Å². The summed E-state index contributed by atoms with van der Waals surface area (Å²) in [6, 6.07) is 13.0. The summed E-state index contributed by atoms with van der Waals surface area (Å²) in [6.07, 6.45) is 0. The summed E-state index contributed by atoms with van der Waals surface area (Å²) < 4.78 is 13.3. The SMILES string of the molecule is CC(C)[C@@H]1[NH2+][C@@]2(C(=O)Nc3ccccc32)[C@H]2C(=O)N(Cc3ccc(F)cc3)C(=O)[C@H]12. The molecule has 2 aromatic carbocycles. The minimum atomic E-state index is -1.14. The summed E-state index contributed by atoms with van der Waals surface area (Å²) in [4.78, 5) is 41.5. The fraction of sp³-hybridized carbons (Fsp3) is 0.348. The third-order valence-electron chi connectivity index (χ3n) is 6.82. The summed E-state index contributed by atoms with van der Waals surface area (Å²) in [6.45, 7) is 4.10. The quantitative estimate of drug-likeness (QED) is 0.753. The Morgan fingerprint density at radius 2 is 1.77 bits per heavy atom. The molecule has 5 rings (SSSR count). The molecule has 30 heavy (non-hydrogen) atoms. The Bertz CT molecular complexity index is 1070. The van der Waals surface area contributed by atoms with Crippen molar-refractivity contribution in [2.75, 3.05) is 5.32 Å². The highest BCUT2D eigenvalue weighted by atomic mass is 19.1. The molecule has 3 aliphatic heterocycles. The van der Waals surface area contributed by atoms with Crippen LogP contribution in [0.3, 0.4) is 0 Å². The summed E-state index contributed by atoms with van der Waals surface area (Å²) in [5, 5.41) is 4.86. The molecule has 0 aliphatic carbocycles. The van der Waals surface area contributed by atoms with Crippen molar-refractivity contribution in [2.45, 2.75) is 32.0 Å². The number of rotatable bonds is 3. The van der Waals surface area contributed by atoms with Gasteiger partial charge in [0.1, 0.15) is 23.7 Å². The van der Waals surface area contributed by atoms with Crippen LogP contribution in [0.25, 0.3) is 0 Å². The van der Waals surface area contributed by atoms with Crippen molar-refractivity contribution in [1.82, 2.24) is 4.90 Å². The highest BCUT2D eigenvalue weighted by Crippen LogP contribution is 2.50. The van der Waals surface area contributed by atoms with Crippen molar-refractivity contribution in [3.05, 3.63) is 65.5 Å². The lowest BCUT2D eigenvalue weighted by Crippen LogP contribution is -2.99. The van der Waals surface area contributed by atoms with Gasteiger partial charge < -0.3 is 10.6 Å². The number of halogens is 1. The topological polar surface area (TPSA) is 83.1 Å². The largest absolute Gasteiger partial charge is 0.326 e. The van der Waals surface area contributed by atoms with Crippen molar-refractivity contribution >= 4 is 23.4 Å². The van der Waals surface area contributed by atoms with Crippen LogP contribution in [0.15, 0.2) is 48.5 Å². The number of nitrogens with zero attached hydrogens (tertiary/aromatic N) is 1.